The van der Waals surface area contributed by atoms with Crippen LogP contribution in [0.4, 0.5) is 5.69 Å². The van der Waals surface area contributed by atoms with Crippen LogP contribution in [-0.2, 0) is 16.0 Å². The summed E-state index contributed by atoms with van der Waals surface area (Å²) in [6.07, 6.45) is 1.03. The van der Waals surface area contributed by atoms with E-state index >= 15 is 0 Å². The number of aliphatic imine (C=N–C) groups is 1. The molecule has 1 saturated heterocycles. The Balaban J connectivity index is 1.65. The molecule has 2 heterocycles. The van der Waals surface area contributed by atoms with Crippen molar-refractivity contribution in [3.63, 3.8) is 0 Å². The van der Waals surface area contributed by atoms with E-state index in [0.29, 0.717) is 5.96 Å². The minimum absolute atomic E-state index is 0.0807. The summed E-state index contributed by atoms with van der Waals surface area (Å²) in [5, 5.41) is 5.69. The number of amides is 2. The van der Waals surface area contributed by atoms with E-state index in [2.05, 4.69) is 39.3 Å². The number of benzene rings is 1. The first-order valence-corrected chi connectivity index (χ1v) is 9.33. The predicted molar refractivity (Wildman–Crippen MR) is 102 cm³/mol. The second-order valence-corrected chi connectivity index (χ2v) is 6.68. The summed E-state index contributed by atoms with van der Waals surface area (Å²) in [5.41, 5.74) is 1.94. The number of piperazine rings is 1. The number of guanidine groups is 1. The van der Waals surface area contributed by atoms with Crippen LogP contribution in [0.25, 0.3) is 0 Å². The minimum Gasteiger partial charge on any atom is -0.340 e. The van der Waals surface area contributed by atoms with Gasteiger partial charge >= 0.3 is 0 Å². The largest absolute Gasteiger partial charge is 0.340 e. The molecule has 0 saturated carbocycles. The monoisotopic (exact) mass is 357 g/mol. The predicted octanol–water partition coefficient (Wildman–Crippen LogP) is 1.07. The lowest BCUT2D eigenvalue weighted by Gasteiger charge is -2.37. The van der Waals surface area contributed by atoms with Crippen LogP contribution in [0.1, 0.15) is 25.8 Å². The van der Waals surface area contributed by atoms with Crippen LogP contribution < -0.4 is 10.6 Å². The minimum atomic E-state index is -0.686. The van der Waals surface area contributed by atoms with Crippen molar-refractivity contribution in [2.24, 2.45) is 4.99 Å². The van der Waals surface area contributed by atoms with Crippen LogP contribution in [0.5, 0.6) is 0 Å². The van der Waals surface area contributed by atoms with E-state index in [1.807, 2.05) is 24.3 Å². The van der Waals surface area contributed by atoms with Crippen molar-refractivity contribution in [3.8, 4) is 0 Å². The molecule has 1 aromatic carbocycles. The van der Waals surface area contributed by atoms with Gasteiger partial charge in [0.2, 0.25) is 17.8 Å². The van der Waals surface area contributed by atoms with Crippen molar-refractivity contribution in [1.29, 1.82) is 0 Å². The SMILES string of the molecule is CCc1ccc(NC(=O)[C@H]2CC(=O)NC(N3CCN(CC)CC3)=N2)cc1. The maximum atomic E-state index is 12.6. The quantitative estimate of drug-likeness (QED) is 0.845. The number of nitrogens with one attached hydrogen (secondary N) is 2. The van der Waals surface area contributed by atoms with Crippen LogP contribution in [0, 0.1) is 0 Å². The highest BCUT2D eigenvalue weighted by atomic mass is 16.2. The summed E-state index contributed by atoms with van der Waals surface area (Å²) >= 11 is 0. The number of hydrogen-bond acceptors (Lipinski definition) is 5. The number of anilines is 1. The summed E-state index contributed by atoms with van der Waals surface area (Å²) in [6, 6.07) is 7.06. The zero-order valence-electron chi connectivity index (χ0n) is 15.5. The summed E-state index contributed by atoms with van der Waals surface area (Å²) in [4.78, 5) is 33.6. The lowest BCUT2D eigenvalue weighted by Crippen LogP contribution is -2.56. The van der Waals surface area contributed by atoms with E-state index < -0.39 is 6.04 Å². The summed E-state index contributed by atoms with van der Waals surface area (Å²) in [7, 11) is 0. The summed E-state index contributed by atoms with van der Waals surface area (Å²) in [6.45, 7) is 8.74. The first kappa shape index (κ1) is 18.4. The van der Waals surface area contributed by atoms with Crippen LogP contribution >= 0.6 is 0 Å². The molecule has 0 aliphatic carbocycles. The van der Waals surface area contributed by atoms with Crippen LogP contribution in [0.2, 0.25) is 0 Å². The molecule has 0 bridgehead atoms. The van der Waals surface area contributed by atoms with Gasteiger partial charge in [-0.25, -0.2) is 4.99 Å². The fourth-order valence-corrected chi connectivity index (χ4v) is 3.21. The third kappa shape index (κ3) is 4.40. The Hall–Kier alpha value is -2.41. The Bertz CT molecular complexity index is 678. The third-order valence-corrected chi connectivity index (χ3v) is 4.96. The van der Waals surface area contributed by atoms with Crippen molar-refractivity contribution in [2.45, 2.75) is 32.7 Å². The van der Waals surface area contributed by atoms with Crippen molar-refractivity contribution < 1.29 is 9.59 Å². The average molecular weight is 357 g/mol. The molecule has 1 atom stereocenters. The fraction of sp³-hybridized carbons (Fsp3) is 0.526. The highest BCUT2D eigenvalue weighted by Crippen LogP contribution is 2.14. The van der Waals surface area contributed by atoms with Crippen LogP contribution in [0.15, 0.2) is 29.3 Å². The smallest absolute Gasteiger partial charge is 0.249 e. The van der Waals surface area contributed by atoms with Gasteiger partial charge in [0.1, 0.15) is 6.04 Å². The maximum absolute atomic E-state index is 12.6. The van der Waals surface area contributed by atoms with Gasteiger partial charge in [-0.2, -0.15) is 0 Å². The first-order chi connectivity index (χ1) is 12.6. The second-order valence-electron chi connectivity index (χ2n) is 6.68. The molecule has 1 fully saturated rings. The Labute approximate surface area is 154 Å². The number of carbonyl (C=O) groups is 2. The van der Waals surface area contributed by atoms with Gasteiger partial charge in [-0.3, -0.25) is 14.9 Å². The van der Waals surface area contributed by atoms with Gasteiger partial charge in [0.15, 0.2) is 0 Å². The first-order valence-electron chi connectivity index (χ1n) is 9.33. The van der Waals surface area contributed by atoms with Gasteiger partial charge in [-0.15, -0.1) is 0 Å². The van der Waals surface area contributed by atoms with Gasteiger partial charge in [0, 0.05) is 31.9 Å². The van der Waals surface area contributed by atoms with Crippen molar-refractivity contribution in [2.75, 3.05) is 38.0 Å². The van der Waals surface area contributed by atoms with Gasteiger partial charge in [0.25, 0.3) is 0 Å². The molecule has 26 heavy (non-hydrogen) atoms. The van der Waals surface area contributed by atoms with Gasteiger partial charge < -0.3 is 15.1 Å². The average Bonchev–Trinajstić information content (AvgIpc) is 2.68. The number of aryl methyl sites for hydroxylation is 1. The third-order valence-electron chi connectivity index (χ3n) is 4.96. The molecule has 3 rings (SSSR count). The Morgan fingerprint density at radius 1 is 1.19 bits per heavy atom. The molecular weight excluding hydrogens is 330 g/mol. The highest BCUT2D eigenvalue weighted by Gasteiger charge is 2.30. The molecule has 2 aliphatic heterocycles. The Morgan fingerprint density at radius 3 is 2.50 bits per heavy atom. The van der Waals surface area contributed by atoms with Crippen LogP contribution in [0.3, 0.4) is 0 Å². The van der Waals surface area contributed by atoms with Crippen molar-refractivity contribution in [1.82, 2.24) is 15.1 Å². The standard InChI is InChI=1S/C19H27N5O2/c1-3-14-5-7-15(8-6-14)20-18(26)16-13-17(25)22-19(21-16)24-11-9-23(4-2)10-12-24/h5-8,16H,3-4,9-13H2,1-2H3,(H,20,26)(H,21,22,25)/t16-/m1/s1. The molecule has 2 N–H and O–H groups in total. The zero-order valence-corrected chi connectivity index (χ0v) is 15.5. The molecule has 140 valence electrons. The molecule has 0 radical (unpaired) electrons. The maximum Gasteiger partial charge on any atom is 0.249 e. The number of likely N-dealkylation sites (N-methyl/N-ethyl adjacent to an activating group) is 1. The normalized spacial score (nSPS) is 21.2. The number of nitrogens with zero attached hydrogens (tertiary/aromatic N) is 3. The van der Waals surface area contributed by atoms with E-state index in [1.54, 1.807) is 0 Å². The second kappa shape index (κ2) is 8.31. The van der Waals surface area contributed by atoms with Gasteiger partial charge in [0.05, 0.1) is 6.42 Å². The molecular formula is C19H27N5O2. The van der Waals surface area contributed by atoms with E-state index in [1.165, 1.54) is 5.56 Å². The van der Waals surface area contributed by atoms with E-state index in [0.717, 1.165) is 44.8 Å². The Kier molecular flexibility index (Phi) is 5.88. The molecule has 0 aromatic heterocycles. The highest BCUT2D eigenvalue weighted by molar-refractivity contribution is 6.05. The van der Waals surface area contributed by atoms with Crippen molar-refractivity contribution >= 4 is 23.5 Å². The van der Waals surface area contributed by atoms with E-state index in [9.17, 15) is 9.59 Å². The van der Waals surface area contributed by atoms with E-state index in [4.69, 9.17) is 0 Å². The summed E-state index contributed by atoms with van der Waals surface area (Å²) in [5.74, 6) is 0.127. The number of rotatable bonds is 4. The van der Waals surface area contributed by atoms with Crippen LogP contribution in [-0.4, -0.2) is 66.3 Å². The fourth-order valence-electron chi connectivity index (χ4n) is 3.21. The molecule has 2 aliphatic rings. The molecule has 2 amide bonds. The Morgan fingerprint density at radius 2 is 1.88 bits per heavy atom. The number of hydrogen-bond donors (Lipinski definition) is 2. The summed E-state index contributed by atoms with van der Waals surface area (Å²) < 4.78 is 0. The molecule has 7 nitrogen and oxygen atoms in total. The van der Waals surface area contributed by atoms with Gasteiger partial charge in [-0.1, -0.05) is 26.0 Å². The zero-order chi connectivity index (χ0) is 18.5. The molecule has 7 heteroatoms. The van der Waals surface area contributed by atoms with E-state index in [-0.39, 0.29) is 18.2 Å². The lowest BCUT2D eigenvalue weighted by molar-refractivity contribution is -0.125. The van der Waals surface area contributed by atoms with Gasteiger partial charge in [-0.05, 0) is 30.7 Å². The lowest BCUT2D eigenvalue weighted by atomic mass is 10.1. The topological polar surface area (TPSA) is 77.0 Å². The number of carbonyl (C=O) groups excluding carboxylic acids is 2. The molecule has 0 unspecified atom stereocenters. The molecule has 0 spiro atoms. The molecule has 1 aromatic rings. The van der Waals surface area contributed by atoms with Crippen molar-refractivity contribution in [3.05, 3.63) is 29.8 Å².